The van der Waals surface area contributed by atoms with Gasteiger partial charge in [-0.15, -0.1) is 0 Å². The van der Waals surface area contributed by atoms with Gasteiger partial charge in [0.05, 0.1) is 20.6 Å². The van der Waals surface area contributed by atoms with Crippen LogP contribution >= 0.6 is 11.3 Å². The molecule has 0 aliphatic carbocycles. The average Bonchev–Trinajstić information content (AvgIpc) is 3.24. The fourth-order valence-corrected chi connectivity index (χ4v) is 5.43. The van der Waals surface area contributed by atoms with Gasteiger partial charge < -0.3 is 14.4 Å². The van der Waals surface area contributed by atoms with Gasteiger partial charge in [-0.2, -0.15) is 11.3 Å². The number of carbonyl (C=O) groups excluding carboxylic acids is 1. The normalized spacial score (nSPS) is 20.0. The van der Waals surface area contributed by atoms with Gasteiger partial charge in [0, 0.05) is 25.7 Å². The van der Waals surface area contributed by atoms with Crippen molar-refractivity contribution in [3.8, 4) is 11.5 Å². The van der Waals surface area contributed by atoms with Crippen molar-refractivity contribution in [2.24, 2.45) is 0 Å². The summed E-state index contributed by atoms with van der Waals surface area (Å²) in [4.78, 5) is 17.8. The number of likely N-dealkylation sites (tertiary alicyclic amines) is 1. The number of hydrogen-bond donors (Lipinski definition) is 0. The van der Waals surface area contributed by atoms with Crippen molar-refractivity contribution in [3.63, 3.8) is 0 Å². The maximum atomic E-state index is 13.1. The highest BCUT2D eigenvalue weighted by Gasteiger charge is 2.28. The molecule has 1 saturated heterocycles. The molecule has 0 radical (unpaired) electrons. The lowest BCUT2D eigenvalue weighted by atomic mass is 10.0. The van der Waals surface area contributed by atoms with E-state index in [2.05, 4.69) is 26.6 Å². The minimum Gasteiger partial charge on any atom is -0.493 e. The van der Waals surface area contributed by atoms with Crippen LogP contribution < -0.4 is 9.47 Å². The molecule has 5 nitrogen and oxygen atoms in total. The van der Waals surface area contributed by atoms with Crippen LogP contribution in [0, 0.1) is 0 Å². The van der Waals surface area contributed by atoms with Gasteiger partial charge in [-0.1, -0.05) is 6.42 Å². The van der Waals surface area contributed by atoms with Crippen LogP contribution in [0.2, 0.25) is 0 Å². The molecule has 1 amide bonds. The number of rotatable bonds is 7. The number of methoxy groups -OCH3 is 2. The molecule has 4 rings (SSSR count). The quantitative estimate of drug-likeness (QED) is 0.673. The molecule has 2 aromatic rings. The van der Waals surface area contributed by atoms with Crippen molar-refractivity contribution < 1.29 is 14.3 Å². The van der Waals surface area contributed by atoms with Crippen LogP contribution in [0.25, 0.3) is 0 Å². The third-order valence-corrected chi connectivity index (χ3v) is 7.23. The molecule has 6 heteroatoms. The molecule has 0 bridgehead atoms. The van der Waals surface area contributed by atoms with Crippen LogP contribution in [0.15, 0.2) is 29.0 Å². The Kier molecular flexibility index (Phi) is 6.95. The van der Waals surface area contributed by atoms with E-state index in [0.29, 0.717) is 18.2 Å². The number of benzene rings is 1. The number of thiophene rings is 1. The number of carbonyl (C=O) groups is 1. The lowest BCUT2D eigenvalue weighted by molar-refractivity contribution is -0.131. The minimum absolute atomic E-state index is 0.226. The van der Waals surface area contributed by atoms with E-state index in [1.165, 1.54) is 30.4 Å². The SMILES string of the molecule is COc1cc2c(cc1OC)CC(=O)N(CC1CCCCN1CCc1ccsc1)CC2. The van der Waals surface area contributed by atoms with E-state index in [9.17, 15) is 4.79 Å². The summed E-state index contributed by atoms with van der Waals surface area (Å²) in [5.74, 6) is 1.66. The van der Waals surface area contributed by atoms with E-state index in [1.54, 1.807) is 25.6 Å². The molecule has 0 N–H and O–H groups in total. The highest BCUT2D eigenvalue weighted by molar-refractivity contribution is 7.07. The molecular weight excluding hydrogens is 396 g/mol. The van der Waals surface area contributed by atoms with Crippen molar-refractivity contribution in [2.45, 2.75) is 44.6 Å². The molecule has 162 valence electrons. The summed E-state index contributed by atoms with van der Waals surface area (Å²) in [5.41, 5.74) is 3.69. The van der Waals surface area contributed by atoms with Gasteiger partial charge >= 0.3 is 0 Å². The molecule has 2 aliphatic rings. The van der Waals surface area contributed by atoms with E-state index in [4.69, 9.17) is 9.47 Å². The second kappa shape index (κ2) is 9.84. The maximum Gasteiger partial charge on any atom is 0.227 e. The summed E-state index contributed by atoms with van der Waals surface area (Å²) in [6, 6.07) is 6.70. The Morgan fingerprint density at radius 2 is 1.90 bits per heavy atom. The monoisotopic (exact) mass is 428 g/mol. The number of amides is 1. The summed E-state index contributed by atoms with van der Waals surface area (Å²) in [6.45, 7) is 3.84. The number of piperidine rings is 1. The molecule has 3 heterocycles. The molecule has 0 spiro atoms. The van der Waals surface area contributed by atoms with Crippen LogP contribution in [0.3, 0.4) is 0 Å². The van der Waals surface area contributed by atoms with Gasteiger partial charge in [0.25, 0.3) is 0 Å². The fraction of sp³-hybridized carbons (Fsp3) is 0.542. The molecule has 1 fully saturated rings. The van der Waals surface area contributed by atoms with Crippen LogP contribution in [0.1, 0.15) is 36.0 Å². The van der Waals surface area contributed by atoms with Crippen LogP contribution in [0.5, 0.6) is 11.5 Å². The van der Waals surface area contributed by atoms with Crippen LogP contribution in [0.4, 0.5) is 0 Å². The Morgan fingerprint density at radius 1 is 1.10 bits per heavy atom. The van der Waals surface area contributed by atoms with Gasteiger partial charge in [0.15, 0.2) is 11.5 Å². The third kappa shape index (κ3) is 4.81. The maximum absolute atomic E-state index is 13.1. The van der Waals surface area contributed by atoms with Crippen LogP contribution in [-0.4, -0.2) is 62.1 Å². The van der Waals surface area contributed by atoms with E-state index >= 15 is 0 Å². The highest BCUT2D eigenvalue weighted by atomic mass is 32.1. The zero-order valence-corrected chi connectivity index (χ0v) is 18.9. The molecule has 2 aliphatic heterocycles. The largest absolute Gasteiger partial charge is 0.493 e. The molecule has 1 aromatic carbocycles. The van der Waals surface area contributed by atoms with Crippen molar-refractivity contribution in [2.75, 3.05) is 40.4 Å². The molecule has 0 saturated carbocycles. The Morgan fingerprint density at radius 3 is 2.63 bits per heavy atom. The molecular formula is C24H32N2O3S. The Balaban J connectivity index is 1.42. The molecule has 1 aromatic heterocycles. The molecule has 30 heavy (non-hydrogen) atoms. The zero-order valence-electron chi connectivity index (χ0n) is 18.1. The lowest BCUT2D eigenvalue weighted by Crippen LogP contribution is -2.49. The first-order valence-corrected chi connectivity index (χ1v) is 11.9. The predicted molar refractivity (Wildman–Crippen MR) is 121 cm³/mol. The Labute approximate surface area is 183 Å². The summed E-state index contributed by atoms with van der Waals surface area (Å²) in [7, 11) is 3.30. The number of ether oxygens (including phenoxy) is 2. The first-order chi connectivity index (χ1) is 14.7. The summed E-state index contributed by atoms with van der Waals surface area (Å²) in [6.07, 6.45) is 6.11. The first kappa shape index (κ1) is 21.2. The Hall–Kier alpha value is -2.05. The topological polar surface area (TPSA) is 42.0 Å². The predicted octanol–water partition coefficient (Wildman–Crippen LogP) is 3.79. The lowest BCUT2D eigenvalue weighted by Gasteiger charge is -2.38. The smallest absolute Gasteiger partial charge is 0.227 e. The highest BCUT2D eigenvalue weighted by Crippen LogP contribution is 2.32. The van der Waals surface area contributed by atoms with E-state index in [1.807, 2.05) is 12.1 Å². The van der Waals surface area contributed by atoms with Gasteiger partial charge in [-0.25, -0.2) is 0 Å². The van der Waals surface area contributed by atoms with Crippen molar-refractivity contribution >= 4 is 17.2 Å². The molecule has 1 unspecified atom stereocenters. The van der Waals surface area contributed by atoms with E-state index in [-0.39, 0.29) is 5.91 Å². The van der Waals surface area contributed by atoms with E-state index < -0.39 is 0 Å². The first-order valence-electron chi connectivity index (χ1n) is 10.9. The summed E-state index contributed by atoms with van der Waals surface area (Å²) >= 11 is 1.77. The van der Waals surface area contributed by atoms with E-state index in [0.717, 1.165) is 50.3 Å². The van der Waals surface area contributed by atoms with Gasteiger partial charge in [-0.05, 0) is 77.9 Å². The zero-order chi connectivity index (χ0) is 20.9. The third-order valence-electron chi connectivity index (χ3n) is 6.50. The summed E-state index contributed by atoms with van der Waals surface area (Å²) in [5, 5.41) is 4.40. The number of nitrogens with zero attached hydrogens (tertiary/aromatic N) is 2. The minimum atomic E-state index is 0.226. The van der Waals surface area contributed by atoms with Crippen molar-refractivity contribution in [1.29, 1.82) is 0 Å². The standard InChI is InChI=1S/C24H32N2O3S/c1-28-22-13-19-7-11-26(24(27)15-20(19)14-23(22)29-2)16-21-5-3-4-9-25(21)10-6-18-8-12-30-17-18/h8,12-14,17,21H,3-7,9-11,15-16H2,1-2H3. The van der Waals surface area contributed by atoms with Crippen LogP contribution in [-0.2, 0) is 24.1 Å². The van der Waals surface area contributed by atoms with Gasteiger partial charge in [0.2, 0.25) is 5.91 Å². The number of hydrogen-bond acceptors (Lipinski definition) is 5. The molecule has 1 atom stereocenters. The number of fused-ring (bicyclic) bond motifs is 1. The second-order valence-corrected chi connectivity index (χ2v) is 9.09. The second-order valence-electron chi connectivity index (χ2n) is 8.31. The Bertz CT molecular complexity index is 852. The average molecular weight is 429 g/mol. The fourth-order valence-electron chi connectivity index (χ4n) is 4.73. The summed E-state index contributed by atoms with van der Waals surface area (Å²) < 4.78 is 10.9. The van der Waals surface area contributed by atoms with Crippen molar-refractivity contribution in [3.05, 3.63) is 45.6 Å². The van der Waals surface area contributed by atoms with Gasteiger partial charge in [0.1, 0.15) is 0 Å². The van der Waals surface area contributed by atoms with Crippen molar-refractivity contribution in [1.82, 2.24) is 9.80 Å². The van der Waals surface area contributed by atoms with Gasteiger partial charge in [-0.3, -0.25) is 9.69 Å².